The van der Waals surface area contributed by atoms with Gasteiger partial charge in [0.15, 0.2) is 0 Å². The van der Waals surface area contributed by atoms with Crippen LogP contribution in [-0.4, -0.2) is 46.5 Å². The molecule has 2 fully saturated rings. The number of ether oxygens (including phenoxy) is 1. The summed E-state index contributed by atoms with van der Waals surface area (Å²) >= 11 is 7.73. The van der Waals surface area contributed by atoms with Crippen molar-refractivity contribution in [3.05, 3.63) is 67.2 Å². The van der Waals surface area contributed by atoms with Crippen LogP contribution < -0.4 is 4.74 Å². The molecule has 0 N–H and O–H groups in total. The van der Waals surface area contributed by atoms with Crippen LogP contribution in [0.2, 0.25) is 0 Å². The molecule has 0 radical (unpaired) electrons. The van der Waals surface area contributed by atoms with Crippen molar-refractivity contribution >= 4 is 66.8 Å². The Hall–Kier alpha value is -2.17. The summed E-state index contributed by atoms with van der Waals surface area (Å²) < 4.78 is 20.9. The summed E-state index contributed by atoms with van der Waals surface area (Å²) in [6, 6.07) is 9.87. The quantitative estimate of drug-likeness (QED) is 0.376. The lowest BCUT2D eigenvalue weighted by Gasteiger charge is -2.27. The number of carbonyl (C=O) groups is 3. The van der Waals surface area contributed by atoms with Gasteiger partial charge in [-0.3, -0.25) is 19.3 Å². The lowest BCUT2D eigenvalue weighted by molar-refractivity contribution is -0.136. The molecule has 10 heteroatoms. The minimum atomic E-state index is -0.479. The van der Waals surface area contributed by atoms with Crippen molar-refractivity contribution in [2.45, 2.75) is 25.9 Å². The largest absolute Gasteiger partial charge is 0.486 e. The summed E-state index contributed by atoms with van der Waals surface area (Å²) in [6.07, 6.45) is 4.58. The first-order valence-electron chi connectivity index (χ1n) is 10.7. The van der Waals surface area contributed by atoms with Crippen LogP contribution in [0.3, 0.4) is 0 Å². The Labute approximate surface area is 217 Å². The number of benzene rings is 2. The van der Waals surface area contributed by atoms with Gasteiger partial charge in [-0.15, -0.1) is 0 Å². The Balaban J connectivity index is 1.46. The molecule has 2 saturated heterocycles. The third-order valence-electron chi connectivity index (χ3n) is 5.52. The summed E-state index contributed by atoms with van der Waals surface area (Å²) in [4.78, 5) is 40.7. The Kier molecular flexibility index (Phi) is 8.10. The molecule has 2 aliphatic rings. The average molecular weight is 612 g/mol. The van der Waals surface area contributed by atoms with Crippen molar-refractivity contribution in [1.29, 1.82) is 0 Å². The van der Waals surface area contributed by atoms with Gasteiger partial charge in [0.1, 0.15) is 24.7 Å². The molecular formula is C24H21Br2FN2O4S. The maximum absolute atomic E-state index is 13.9. The Morgan fingerprint density at radius 2 is 1.76 bits per heavy atom. The number of imide groups is 1. The molecule has 6 nitrogen and oxygen atoms in total. The van der Waals surface area contributed by atoms with Crippen LogP contribution in [0.5, 0.6) is 5.75 Å². The number of nitrogens with zero attached hydrogens (tertiary/aromatic N) is 2. The highest BCUT2D eigenvalue weighted by atomic mass is 79.9. The maximum Gasteiger partial charge on any atom is 0.294 e. The number of thioether (sulfide) groups is 1. The number of likely N-dealkylation sites (tertiary alicyclic amines) is 1. The summed E-state index contributed by atoms with van der Waals surface area (Å²) in [5.41, 5.74) is 1.09. The molecule has 2 heterocycles. The molecule has 0 atom stereocenters. The Bertz CT molecular complexity index is 1140. The third-order valence-corrected chi connectivity index (χ3v) is 7.61. The highest BCUT2D eigenvalue weighted by Gasteiger charge is 2.37. The average Bonchev–Trinajstić information content (AvgIpc) is 3.07. The molecule has 3 amide bonds. The molecule has 0 spiro atoms. The van der Waals surface area contributed by atoms with Crippen molar-refractivity contribution in [1.82, 2.24) is 9.80 Å². The first-order valence-corrected chi connectivity index (χ1v) is 13.1. The Morgan fingerprint density at radius 3 is 2.44 bits per heavy atom. The van der Waals surface area contributed by atoms with Gasteiger partial charge in [0.05, 0.1) is 13.9 Å². The zero-order valence-corrected chi connectivity index (χ0v) is 22.0. The molecule has 0 aromatic heterocycles. The van der Waals surface area contributed by atoms with Gasteiger partial charge in [-0.2, -0.15) is 0 Å². The standard InChI is InChI=1S/C24H21Br2FN2O4S/c25-17-10-15(11-18(26)22(17)33-14-16-6-2-3-7-19(16)27)12-20-23(31)29(24(32)34-20)13-21(30)28-8-4-1-5-9-28/h2-3,6-7,10-12H,1,4-5,8-9,13-14H2/b20-12-. The van der Waals surface area contributed by atoms with E-state index in [-0.39, 0.29) is 29.8 Å². The van der Waals surface area contributed by atoms with Gasteiger partial charge in [0.2, 0.25) is 5.91 Å². The van der Waals surface area contributed by atoms with Crippen LogP contribution in [0, 0.1) is 5.82 Å². The van der Waals surface area contributed by atoms with Crippen molar-refractivity contribution in [2.24, 2.45) is 0 Å². The third kappa shape index (κ3) is 5.72. The highest BCUT2D eigenvalue weighted by Crippen LogP contribution is 2.38. The van der Waals surface area contributed by atoms with E-state index in [9.17, 15) is 18.8 Å². The fourth-order valence-corrected chi connectivity index (χ4v) is 6.02. The van der Waals surface area contributed by atoms with Crippen LogP contribution in [0.25, 0.3) is 6.08 Å². The van der Waals surface area contributed by atoms with Gasteiger partial charge in [0, 0.05) is 18.7 Å². The number of carbonyl (C=O) groups excluding carboxylic acids is 3. The van der Waals surface area contributed by atoms with Crippen LogP contribution in [-0.2, 0) is 16.2 Å². The summed E-state index contributed by atoms with van der Waals surface area (Å²) in [5.74, 6) is -0.543. The molecule has 0 aliphatic carbocycles. The lowest BCUT2D eigenvalue weighted by atomic mass is 10.1. The molecule has 2 aromatic carbocycles. The summed E-state index contributed by atoms with van der Waals surface area (Å²) in [7, 11) is 0. The summed E-state index contributed by atoms with van der Waals surface area (Å²) in [6.45, 7) is 1.14. The van der Waals surface area contributed by atoms with E-state index in [2.05, 4.69) is 31.9 Å². The van der Waals surface area contributed by atoms with E-state index in [1.54, 1.807) is 41.3 Å². The fourth-order valence-electron chi connectivity index (χ4n) is 3.73. The van der Waals surface area contributed by atoms with Crippen LogP contribution in [0.4, 0.5) is 9.18 Å². The topological polar surface area (TPSA) is 66.9 Å². The number of hydrogen-bond donors (Lipinski definition) is 0. The number of amides is 3. The molecular weight excluding hydrogens is 591 g/mol. The maximum atomic E-state index is 13.9. The second-order valence-electron chi connectivity index (χ2n) is 7.90. The van der Waals surface area contributed by atoms with Crippen molar-refractivity contribution in [3.63, 3.8) is 0 Å². The number of piperidine rings is 1. The van der Waals surface area contributed by atoms with Gasteiger partial charge < -0.3 is 9.64 Å². The van der Waals surface area contributed by atoms with Gasteiger partial charge in [-0.25, -0.2) is 4.39 Å². The molecule has 4 rings (SSSR count). The van der Waals surface area contributed by atoms with Gasteiger partial charge in [-0.05, 0) is 92.7 Å². The van der Waals surface area contributed by atoms with Crippen LogP contribution in [0.1, 0.15) is 30.4 Å². The van der Waals surface area contributed by atoms with Gasteiger partial charge in [0.25, 0.3) is 11.1 Å². The SMILES string of the molecule is O=C(CN1C(=O)S/C(=C\c2cc(Br)c(OCc3ccccc3F)c(Br)c2)C1=O)N1CCCCC1. The smallest absolute Gasteiger partial charge is 0.294 e. The van der Waals surface area contributed by atoms with Crippen LogP contribution >= 0.6 is 43.6 Å². The first kappa shape index (κ1) is 24.9. The number of halogens is 3. The van der Waals surface area contributed by atoms with E-state index >= 15 is 0 Å². The second kappa shape index (κ2) is 11.0. The van der Waals surface area contributed by atoms with E-state index in [0.717, 1.165) is 35.9 Å². The van der Waals surface area contributed by atoms with E-state index in [0.29, 0.717) is 38.9 Å². The Morgan fingerprint density at radius 1 is 1.09 bits per heavy atom. The van der Waals surface area contributed by atoms with E-state index in [4.69, 9.17) is 4.74 Å². The molecule has 0 saturated carbocycles. The van der Waals surface area contributed by atoms with E-state index < -0.39 is 11.1 Å². The minimum Gasteiger partial charge on any atom is -0.486 e. The molecule has 0 bridgehead atoms. The fraction of sp³-hybridized carbons (Fsp3) is 0.292. The van der Waals surface area contributed by atoms with Crippen molar-refractivity contribution in [3.8, 4) is 5.75 Å². The highest BCUT2D eigenvalue weighted by molar-refractivity contribution is 9.11. The minimum absolute atomic E-state index is 0.0488. The first-order chi connectivity index (χ1) is 16.3. The molecule has 178 valence electrons. The van der Waals surface area contributed by atoms with E-state index in [1.165, 1.54) is 6.07 Å². The monoisotopic (exact) mass is 610 g/mol. The van der Waals surface area contributed by atoms with Gasteiger partial charge >= 0.3 is 0 Å². The van der Waals surface area contributed by atoms with E-state index in [1.807, 2.05) is 0 Å². The molecule has 34 heavy (non-hydrogen) atoms. The molecule has 2 aliphatic heterocycles. The van der Waals surface area contributed by atoms with Crippen molar-refractivity contribution < 1.29 is 23.5 Å². The van der Waals surface area contributed by atoms with Gasteiger partial charge in [-0.1, -0.05) is 18.2 Å². The second-order valence-corrected chi connectivity index (χ2v) is 10.6. The zero-order valence-electron chi connectivity index (χ0n) is 18.1. The normalized spacial score (nSPS) is 17.6. The predicted octanol–water partition coefficient (Wildman–Crippen LogP) is 5.98. The summed E-state index contributed by atoms with van der Waals surface area (Å²) in [5, 5.41) is -0.454. The lowest BCUT2D eigenvalue weighted by Crippen LogP contribution is -2.44. The number of hydrogen-bond acceptors (Lipinski definition) is 5. The number of rotatable bonds is 6. The zero-order chi connectivity index (χ0) is 24.2. The molecule has 0 unspecified atom stereocenters. The van der Waals surface area contributed by atoms with Crippen LogP contribution in [0.15, 0.2) is 50.2 Å². The van der Waals surface area contributed by atoms with Crippen molar-refractivity contribution in [2.75, 3.05) is 19.6 Å². The predicted molar refractivity (Wildman–Crippen MR) is 136 cm³/mol. The molecule has 2 aromatic rings.